The molecule has 2 aliphatic rings. The number of aryl methyl sites for hydroxylation is 1. The monoisotopic (exact) mass is 337 g/mol. The lowest BCUT2D eigenvalue weighted by molar-refractivity contribution is -0.121. The molecule has 2 saturated heterocycles. The minimum atomic E-state index is 0.137. The van der Waals surface area contributed by atoms with Gasteiger partial charge in [0.15, 0.2) is 0 Å². The number of hydrogen-bond acceptors (Lipinski definition) is 5. The van der Waals surface area contributed by atoms with Crippen molar-refractivity contribution in [3.63, 3.8) is 0 Å². The Morgan fingerprint density at radius 3 is 2.96 bits per heavy atom. The molecule has 1 amide bonds. The number of thioether (sulfide) groups is 1. The first-order valence-electron chi connectivity index (χ1n) is 8.60. The lowest BCUT2D eigenvalue weighted by Gasteiger charge is -2.27. The minimum Gasteiger partial charge on any atom is -0.465 e. The van der Waals surface area contributed by atoms with Crippen molar-refractivity contribution in [2.75, 3.05) is 37.7 Å². The van der Waals surface area contributed by atoms with Crippen LogP contribution in [0.1, 0.15) is 36.8 Å². The van der Waals surface area contributed by atoms with Gasteiger partial charge in [-0.1, -0.05) is 0 Å². The van der Waals surface area contributed by atoms with E-state index >= 15 is 0 Å². The Balaban J connectivity index is 1.54. The van der Waals surface area contributed by atoms with Crippen LogP contribution in [0.3, 0.4) is 0 Å². The van der Waals surface area contributed by atoms with Crippen LogP contribution in [0.25, 0.3) is 0 Å². The van der Waals surface area contributed by atoms with Gasteiger partial charge in [0.05, 0.1) is 6.04 Å². The maximum absolute atomic E-state index is 12.3. The first-order chi connectivity index (χ1) is 11.2. The largest absolute Gasteiger partial charge is 0.465 e. The van der Waals surface area contributed by atoms with Crippen molar-refractivity contribution in [1.29, 1.82) is 0 Å². The number of rotatable bonds is 6. The molecule has 2 atom stereocenters. The second kappa shape index (κ2) is 8.22. The molecule has 2 N–H and O–H groups in total. The number of nitrogens with one attached hydrogen (secondary N) is 2. The maximum Gasteiger partial charge on any atom is 0.221 e. The number of carbonyl (C=O) groups excluding carboxylic acids is 1. The average Bonchev–Trinajstić information content (AvgIpc) is 3.21. The van der Waals surface area contributed by atoms with E-state index < -0.39 is 0 Å². The predicted molar refractivity (Wildman–Crippen MR) is 93.7 cm³/mol. The lowest BCUT2D eigenvalue weighted by Crippen LogP contribution is -2.43. The highest BCUT2D eigenvalue weighted by atomic mass is 32.2. The van der Waals surface area contributed by atoms with E-state index in [1.807, 2.05) is 30.8 Å². The summed E-state index contributed by atoms with van der Waals surface area (Å²) in [6.45, 7) is 5.77. The molecule has 1 aromatic rings. The number of amides is 1. The number of likely N-dealkylation sites (tertiary alicyclic amines) is 1. The number of nitrogens with zero attached hydrogens (tertiary/aromatic N) is 1. The van der Waals surface area contributed by atoms with Crippen LogP contribution in [0.2, 0.25) is 0 Å². The molecule has 2 fully saturated rings. The van der Waals surface area contributed by atoms with Gasteiger partial charge in [-0.05, 0) is 45.0 Å². The van der Waals surface area contributed by atoms with E-state index in [0.29, 0.717) is 19.0 Å². The van der Waals surface area contributed by atoms with Gasteiger partial charge in [-0.3, -0.25) is 9.69 Å². The van der Waals surface area contributed by atoms with E-state index in [9.17, 15) is 4.79 Å². The van der Waals surface area contributed by atoms with Gasteiger partial charge >= 0.3 is 0 Å². The first kappa shape index (κ1) is 16.9. The molecule has 2 unspecified atom stereocenters. The van der Waals surface area contributed by atoms with Gasteiger partial charge < -0.3 is 15.1 Å². The van der Waals surface area contributed by atoms with Gasteiger partial charge in [0.2, 0.25) is 5.91 Å². The number of hydrogen-bond donors (Lipinski definition) is 2. The van der Waals surface area contributed by atoms with Gasteiger partial charge in [0.25, 0.3) is 0 Å². The zero-order valence-corrected chi connectivity index (χ0v) is 14.7. The summed E-state index contributed by atoms with van der Waals surface area (Å²) in [4.78, 5) is 14.7. The molecule has 0 aromatic carbocycles. The molecular weight excluding hydrogens is 310 g/mol. The van der Waals surface area contributed by atoms with E-state index in [-0.39, 0.29) is 11.9 Å². The molecule has 0 bridgehead atoms. The van der Waals surface area contributed by atoms with Crippen LogP contribution >= 0.6 is 11.8 Å². The van der Waals surface area contributed by atoms with Crippen molar-refractivity contribution in [2.45, 2.75) is 38.3 Å². The standard InChI is InChI=1S/C17H27N3O2S/c1-13-4-5-16(22-13)15(20-7-2-3-8-20)11-19-17(21)10-14-12-23-9-6-18-14/h4-5,14-15,18H,2-3,6-12H2,1H3,(H,19,21). The van der Waals surface area contributed by atoms with E-state index in [2.05, 4.69) is 15.5 Å². The molecule has 2 aliphatic heterocycles. The van der Waals surface area contributed by atoms with Gasteiger partial charge in [0, 0.05) is 37.1 Å². The van der Waals surface area contributed by atoms with Gasteiger partial charge in [-0.25, -0.2) is 0 Å². The number of furan rings is 1. The van der Waals surface area contributed by atoms with Crippen LogP contribution < -0.4 is 10.6 Å². The molecule has 0 radical (unpaired) electrons. The molecule has 3 heterocycles. The normalized spacial score (nSPS) is 23.8. The zero-order valence-electron chi connectivity index (χ0n) is 13.8. The highest BCUT2D eigenvalue weighted by molar-refractivity contribution is 7.99. The van der Waals surface area contributed by atoms with E-state index in [4.69, 9.17) is 4.42 Å². The Bertz CT molecular complexity index is 508. The SMILES string of the molecule is Cc1ccc(C(CNC(=O)CC2CSCCN2)N2CCCC2)o1. The first-order valence-corrected chi connectivity index (χ1v) is 9.76. The van der Waals surface area contributed by atoms with Crippen molar-refractivity contribution in [2.24, 2.45) is 0 Å². The van der Waals surface area contributed by atoms with Crippen LogP contribution in [0.5, 0.6) is 0 Å². The second-order valence-corrected chi connectivity index (χ2v) is 7.59. The molecule has 0 saturated carbocycles. The lowest BCUT2D eigenvalue weighted by atomic mass is 10.1. The zero-order chi connectivity index (χ0) is 16.1. The topological polar surface area (TPSA) is 57.5 Å². The summed E-state index contributed by atoms with van der Waals surface area (Å²) in [5.74, 6) is 4.21. The predicted octanol–water partition coefficient (Wildman–Crippen LogP) is 1.94. The molecule has 5 nitrogen and oxygen atoms in total. The summed E-state index contributed by atoms with van der Waals surface area (Å²) >= 11 is 1.92. The van der Waals surface area contributed by atoms with Crippen LogP contribution in [-0.4, -0.2) is 54.5 Å². The van der Waals surface area contributed by atoms with Gasteiger partial charge in [0.1, 0.15) is 11.5 Å². The molecule has 128 valence electrons. The third kappa shape index (κ3) is 4.75. The molecular formula is C17H27N3O2S. The average molecular weight is 337 g/mol. The maximum atomic E-state index is 12.3. The van der Waals surface area contributed by atoms with Crippen LogP contribution in [0.15, 0.2) is 16.5 Å². The fourth-order valence-electron chi connectivity index (χ4n) is 3.35. The third-order valence-electron chi connectivity index (χ3n) is 4.59. The van der Waals surface area contributed by atoms with E-state index in [0.717, 1.165) is 42.7 Å². The molecule has 0 aliphatic carbocycles. The van der Waals surface area contributed by atoms with Crippen LogP contribution in [-0.2, 0) is 4.79 Å². The fraction of sp³-hybridized carbons (Fsp3) is 0.706. The number of carbonyl (C=O) groups is 1. The van der Waals surface area contributed by atoms with Gasteiger partial charge in [-0.2, -0.15) is 11.8 Å². The van der Waals surface area contributed by atoms with Crippen molar-refractivity contribution >= 4 is 17.7 Å². The summed E-state index contributed by atoms with van der Waals surface area (Å²) in [5.41, 5.74) is 0. The Morgan fingerprint density at radius 2 is 2.30 bits per heavy atom. The van der Waals surface area contributed by atoms with Crippen molar-refractivity contribution in [3.8, 4) is 0 Å². The highest BCUT2D eigenvalue weighted by Crippen LogP contribution is 2.26. The fourth-order valence-corrected chi connectivity index (χ4v) is 4.30. The van der Waals surface area contributed by atoms with Crippen molar-refractivity contribution in [1.82, 2.24) is 15.5 Å². The molecule has 0 spiro atoms. The quantitative estimate of drug-likeness (QED) is 0.831. The summed E-state index contributed by atoms with van der Waals surface area (Å²) < 4.78 is 5.83. The third-order valence-corrected chi connectivity index (χ3v) is 5.72. The summed E-state index contributed by atoms with van der Waals surface area (Å²) in [7, 11) is 0. The smallest absolute Gasteiger partial charge is 0.221 e. The Labute approximate surface area is 142 Å². The molecule has 6 heteroatoms. The molecule has 23 heavy (non-hydrogen) atoms. The second-order valence-electron chi connectivity index (χ2n) is 6.44. The summed E-state index contributed by atoms with van der Waals surface area (Å²) in [5, 5.41) is 6.54. The summed E-state index contributed by atoms with van der Waals surface area (Å²) in [6, 6.07) is 4.52. The minimum absolute atomic E-state index is 0.137. The van der Waals surface area contributed by atoms with E-state index in [1.165, 1.54) is 12.8 Å². The Hall–Kier alpha value is -0.980. The summed E-state index contributed by atoms with van der Waals surface area (Å²) in [6.07, 6.45) is 3.03. The van der Waals surface area contributed by atoms with Crippen LogP contribution in [0.4, 0.5) is 0 Å². The highest BCUT2D eigenvalue weighted by Gasteiger charge is 2.26. The van der Waals surface area contributed by atoms with Gasteiger partial charge in [-0.15, -0.1) is 0 Å². The van der Waals surface area contributed by atoms with Crippen molar-refractivity contribution in [3.05, 3.63) is 23.7 Å². The van der Waals surface area contributed by atoms with E-state index in [1.54, 1.807) is 0 Å². The molecule has 1 aromatic heterocycles. The molecule has 3 rings (SSSR count). The van der Waals surface area contributed by atoms with Crippen molar-refractivity contribution < 1.29 is 9.21 Å². The Morgan fingerprint density at radius 1 is 1.48 bits per heavy atom. The van der Waals surface area contributed by atoms with Crippen LogP contribution in [0, 0.1) is 6.92 Å². The Kier molecular flexibility index (Phi) is 6.02.